The van der Waals surface area contributed by atoms with Gasteiger partial charge in [-0.3, -0.25) is 0 Å². The van der Waals surface area contributed by atoms with Crippen LogP contribution in [0.15, 0.2) is 168 Å². The minimum atomic E-state index is 0.906. The molecule has 0 amide bonds. The van der Waals surface area contributed by atoms with Gasteiger partial charge >= 0.3 is 0 Å². The van der Waals surface area contributed by atoms with E-state index in [0.717, 1.165) is 49.8 Å². The number of hydrogen-bond donors (Lipinski definition) is 0. The molecule has 0 unspecified atom stereocenters. The third-order valence-electron chi connectivity index (χ3n) is 8.07. The average molecular weight is 538 g/mol. The first-order chi connectivity index (χ1) is 20.8. The van der Waals surface area contributed by atoms with Crippen LogP contribution in [-0.4, -0.2) is 0 Å². The Balaban J connectivity index is 1.26. The number of nitrogens with zero attached hydrogens (tertiary/aromatic N) is 1. The molecule has 1 aromatic heterocycles. The van der Waals surface area contributed by atoms with E-state index < -0.39 is 0 Å². The van der Waals surface area contributed by atoms with Crippen molar-refractivity contribution < 1.29 is 4.42 Å². The summed E-state index contributed by atoms with van der Waals surface area (Å²) in [6.45, 7) is 0. The molecule has 42 heavy (non-hydrogen) atoms. The normalized spacial score (nSPS) is 11.3. The van der Waals surface area contributed by atoms with Gasteiger partial charge in [-0.1, -0.05) is 127 Å². The van der Waals surface area contributed by atoms with Crippen molar-refractivity contribution in [3.63, 3.8) is 0 Å². The Morgan fingerprint density at radius 1 is 0.357 bits per heavy atom. The van der Waals surface area contributed by atoms with E-state index in [-0.39, 0.29) is 0 Å². The molecule has 198 valence electrons. The summed E-state index contributed by atoms with van der Waals surface area (Å²) in [5, 5.41) is 4.50. The molecular formula is C40H27NO. The van der Waals surface area contributed by atoms with Crippen molar-refractivity contribution in [3.8, 4) is 22.3 Å². The second-order valence-electron chi connectivity index (χ2n) is 10.6. The zero-order valence-electron chi connectivity index (χ0n) is 22.9. The van der Waals surface area contributed by atoms with Gasteiger partial charge in [0.15, 0.2) is 0 Å². The molecule has 0 fully saturated rings. The fraction of sp³-hybridized carbons (Fsp3) is 0. The van der Waals surface area contributed by atoms with Gasteiger partial charge in [0.2, 0.25) is 0 Å². The molecular weight excluding hydrogens is 510 g/mol. The molecule has 8 aromatic rings. The standard InChI is InChI=1S/C40H27NO/c1-3-11-28(12-4-1)29-19-21-30(22-20-29)31-23-25-33(26-24-31)41(32-13-5-2-6-14-32)38-27-37-35-16-9-10-18-39(35)42-40(37)36-17-8-7-15-34(36)38/h1-27H. The van der Waals surface area contributed by atoms with E-state index in [4.69, 9.17) is 4.42 Å². The summed E-state index contributed by atoms with van der Waals surface area (Å²) in [4.78, 5) is 2.35. The van der Waals surface area contributed by atoms with E-state index >= 15 is 0 Å². The fourth-order valence-electron chi connectivity index (χ4n) is 6.01. The Hall–Kier alpha value is -5.60. The summed E-state index contributed by atoms with van der Waals surface area (Å²) in [6.07, 6.45) is 0. The first-order valence-electron chi connectivity index (χ1n) is 14.3. The Morgan fingerprint density at radius 3 is 1.50 bits per heavy atom. The predicted molar refractivity (Wildman–Crippen MR) is 177 cm³/mol. The van der Waals surface area contributed by atoms with Crippen LogP contribution >= 0.6 is 0 Å². The smallest absolute Gasteiger partial charge is 0.143 e. The minimum absolute atomic E-state index is 0.906. The second-order valence-corrected chi connectivity index (χ2v) is 10.6. The van der Waals surface area contributed by atoms with Crippen LogP contribution in [-0.2, 0) is 0 Å². The van der Waals surface area contributed by atoms with Gasteiger partial charge in [-0.05, 0) is 58.7 Å². The maximum atomic E-state index is 6.39. The Bertz CT molecular complexity index is 2160. The van der Waals surface area contributed by atoms with Crippen molar-refractivity contribution >= 4 is 49.8 Å². The van der Waals surface area contributed by atoms with Crippen molar-refractivity contribution in [1.82, 2.24) is 0 Å². The fourth-order valence-corrected chi connectivity index (χ4v) is 6.01. The molecule has 7 aromatic carbocycles. The summed E-state index contributed by atoms with van der Waals surface area (Å²) in [6, 6.07) is 57.9. The Kier molecular flexibility index (Phi) is 5.82. The highest BCUT2D eigenvalue weighted by molar-refractivity contribution is 6.19. The molecule has 0 aliphatic rings. The molecule has 0 saturated carbocycles. The highest BCUT2D eigenvalue weighted by Gasteiger charge is 2.20. The molecule has 0 aliphatic carbocycles. The molecule has 0 atom stereocenters. The Labute approximate surface area is 244 Å². The SMILES string of the molecule is c1ccc(-c2ccc(-c3ccc(N(c4ccccc4)c4cc5c6ccccc6oc5c5ccccc45)cc3)cc2)cc1. The first-order valence-corrected chi connectivity index (χ1v) is 14.3. The zero-order chi connectivity index (χ0) is 27.9. The predicted octanol–water partition coefficient (Wildman–Crippen LogP) is 11.5. The number of anilines is 3. The molecule has 8 rings (SSSR count). The molecule has 0 N–H and O–H groups in total. The second kappa shape index (κ2) is 10.1. The zero-order valence-corrected chi connectivity index (χ0v) is 22.9. The molecule has 2 heteroatoms. The van der Waals surface area contributed by atoms with Crippen molar-refractivity contribution in [2.24, 2.45) is 0 Å². The summed E-state index contributed by atoms with van der Waals surface area (Å²) < 4.78 is 6.39. The third-order valence-corrected chi connectivity index (χ3v) is 8.07. The quantitative estimate of drug-likeness (QED) is 0.217. The lowest BCUT2D eigenvalue weighted by Crippen LogP contribution is -2.10. The maximum Gasteiger partial charge on any atom is 0.143 e. The number of fused-ring (bicyclic) bond motifs is 5. The van der Waals surface area contributed by atoms with Crippen LogP contribution in [0, 0.1) is 0 Å². The summed E-state index contributed by atoms with van der Waals surface area (Å²) in [5.41, 5.74) is 10.00. The molecule has 0 saturated heterocycles. The van der Waals surface area contributed by atoms with Gasteiger partial charge in [0, 0.05) is 32.9 Å². The molecule has 0 spiro atoms. The summed E-state index contributed by atoms with van der Waals surface area (Å²) in [7, 11) is 0. The van der Waals surface area contributed by atoms with Gasteiger partial charge < -0.3 is 9.32 Å². The van der Waals surface area contributed by atoms with E-state index in [9.17, 15) is 0 Å². The lowest BCUT2D eigenvalue weighted by molar-refractivity contribution is 0.672. The van der Waals surface area contributed by atoms with Crippen LogP contribution in [0.3, 0.4) is 0 Å². The van der Waals surface area contributed by atoms with Crippen LogP contribution in [0.5, 0.6) is 0 Å². The van der Waals surface area contributed by atoms with Gasteiger partial charge in [0.25, 0.3) is 0 Å². The van der Waals surface area contributed by atoms with Gasteiger partial charge in [-0.25, -0.2) is 0 Å². The van der Waals surface area contributed by atoms with E-state index in [2.05, 4.69) is 157 Å². The minimum Gasteiger partial charge on any atom is -0.455 e. The van der Waals surface area contributed by atoms with Gasteiger partial charge in [-0.15, -0.1) is 0 Å². The average Bonchev–Trinajstić information content (AvgIpc) is 3.45. The largest absolute Gasteiger partial charge is 0.455 e. The molecule has 0 bridgehead atoms. The monoisotopic (exact) mass is 537 g/mol. The molecule has 2 nitrogen and oxygen atoms in total. The number of hydrogen-bond acceptors (Lipinski definition) is 2. The van der Waals surface area contributed by atoms with Crippen molar-refractivity contribution in [2.75, 3.05) is 4.90 Å². The van der Waals surface area contributed by atoms with Crippen molar-refractivity contribution in [3.05, 3.63) is 164 Å². The number of furan rings is 1. The third kappa shape index (κ3) is 4.13. The Morgan fingerprint density at radius 2 is 0.833 bits per heavy atom. The van der Waals surface area contributed by atoms with E-state index in [1.165, 1.54) is 22.3 Å². The highest BCUT2D eigenvalue weighted by atomic mass is 16.3. The topological polar surface area (TPSA) is 16.4 Å². The summed E-state index contributed by atoms with van der Waals surface area (Å²) >= 11 is 0. The van der Waals surface area contributed by atoms with Gasteiger partial charge in [0.05, 0.1) is 5.69 Å². The van der Waals surface area contributed by atoms with Crippen LogP contribution in [0.4, 0.5) is 17.1 Å². The van der Waals surface area contributed by atoms with E-state index in [1.807, 2.05) is 12.1 Å². The number of benzene rings is 7. The van der Waals surface area contributed by atoms with Crippen molar-refractivity contribution in [2.45, 2.75) is 0 Å². The molecule has 1 heterocycles. The van der Waals surface area contributed by atoms with Crippen LogP contribution in [0.1, 0.15) is 0 Å². The molecule has 0 radical (unpaired) electrons. The number of para-hydroxylation sites is 2. The lowest BCUT2D eigenvalue weighted by atomic mass is 9.99. The van der Waals surface area contributed by atoms with Gasteiger partial charge in [-0.2, -0.15) is 0 Å². The lowest BCUT2D eigenvalue weighted by Gasteiger charge is -2.27. The van der Waals surface area contributed by atoms with Crippen molar-refractivity contribution in [1.29, 1.82) is 0 Å². The van der Waals surface area contributed by atoms with Crippen LogP contribution < -0.4 is 4.90 Å². The highest BCUT2D eigenvalue weighted by Crippen LogP contribution is 2.44. The first kappa shape index (κ1) is 24.2. The van der Waals surface area contributed by atoms with Crippen LogP contribution in [0.25, 0.3) is 55.0 Å². The van der Waals surface area contributed by atoms with E-state index in [0.29, 0.717) is 0 Å². The molecule has 0 aliphatic heterocycles. The summed E-state index contributed by atoms with van der Waals surface area (Å²) in [5.74, 6) is 0. The van der Waals surface area contributed by atoms with Crippen LogP contribution in [0.2, 0.25) is 0 Å². The number of rotatable bonds is 5. The maximum absolute atomic E-state index is 6.39. The van der Waals surface area contributed by atoms with Gasteiger partial charge in [0.1, 0.15) is 11.2 Å². The van der Waals surface area contributed by atoms with E-state index in [1.54, 1.807) is 0 Å².